The molecule has 2 aliphatic rings. The fraction of sp³-hybridized carbons (Fsp3) is 0.923. The molecule has 16 heavy (non-hydrogen) atoms. The molecule has 0 amide bonds. The van der Waals surface area contributed by atoms with Crippen LogP contribution in [0.2, 0.25) is 0 Å². The third-order valence-corrected chi connectivity index (χ3v) is 3.37. The molecule has 1 saturated carbocycles. The SMILES string of the molecule is C1CCCC(=NOC2CCCCO2)CCC1. The van der Waals surface area contributed by atoms with Gasteiger partial charge in [-0.3, -0.25) is 0 Å². The highest BCUT2D eigenvalue weighted by molar-refractivity contribution is 5.83. The zero-order valence-electron chi connectivity index (χ0n) is 10.1. The van der Waals surface area contributed by atoms with Gasteiger partial charge < -0.3 is 9.57 Å². The Morgan fingerprint density at radius 2 is 1.69 bits per heavy atom. The van der Waals surface area contributed by atoms with Gasteiger partial charge in [0.05, 0.1) is 12.3 Å². The first-order valence-corrected chi connectivity index (χ1v) is 6.78. The minimum atomic E-state index is -0.0771. The average Bonchev–Trinajstić information content (AvgIpc) is 2.29. The third-order valence-electron chi connectivity index (χ3n) is 3.37. The standard InChI is InChI=1S/C13H23NO2/c1-2-4-8-12(9-5-3-1)14-16-13-10-6-7-11-15-13/h13H,1-11H2. The van der Waals surface area contributed by atoms with Crippen LogP contribution >= 0.6 is 0 Å². The second kappa shape index (κ2) is 6.89. The lowest BCUT2D eigenvalue weighted by molar-refractivity contribution is -0.162. The normalized spacial score (nSPS) is 28.0. The van der Waals surface area contributed by atoms with Crippen LogP contribution in [0.1, 0.15) is 64.2 Å². The zero-order valence-corrected chi connectivity index (χ0v) is 10.1. The molecule has 1 unspecified atom stereocenters. The van der Waals surface area contributed by atoms with Crippen molar-refractivity contribution in [3.8, 4) is 0 Å². The van der Waals surface area contributed by atoms with Gasteiger partial charge in [0, 0.05) is 6.42 Å². The van der Waals surface area contributed by atoms with Crippen molar-refractivity contribution in [2.24, 2.45) is 5.16 Å². The van der Waals surface area contributed by atoms with Crippen molar-refractivity contribution in [2.75, 3.05) is 6.61 Å². The Morgan fingerprint density at radius 3 is 2.38 bits per heavy atom. The zero-order chi connectivity index (χ0) is 11.1. The van der Waals surface area contributed by atoms with Crippen LogP contribution in [0.15, 0.2) is 5.16 Å². The van der Waals surface area contributed by atoms with Crippen molar-refractivity contribution in [3.63, 3.8) is 0 Å². The van der Waals surface area contributed by atoms with E-state index in [2.05, 4.69) is 5.16 Å². The maximum absolute atomic E-state index is 5.50. The van der Waals surface area contributed by atoms with Gasteiger partial charge in [0.2, 0.25) is 6.29 Å². The maximum atomic E-state index is 5.50. The van der Waals surface area contributed by atoms with Gasteiger partial charge in [-0.2, -0.15) is 0 Å². The predicted molar refractivity (Wildman–Crippen MR) is 64.4 cm³/mol. The first kappa shape index (κ1) is 11.9. The lowest BCUT2D eigenvalue weighted by Gasteiger charge is -2.21. The Hall–Kier alpha value is -0.570. The van der Waals surface area contributed by atoms with Crippen LogP contribution in [0, 0.1) is 0 Å². The smallest absolute Gasteiger partial charge is 0.226 e. The van der Waals surface area contributed by atoms with Crippen LogP contribution in [0.25, 0.3) is 0 Å². The minimum absolute atomic E-state index is 0.0771. The van der Waals surface area contributed by atoms with Crippen molar-refractivity contribution in [2.45, 2.75) is 70.5 Å². The van der Waals surface area contributed by atoms with Gasteiger partial charge in [-0.25, -0.2) is 0 Å². The van der Waals surface area contributed by atoms with Crippen LogP contribution in [0.4, 0.5) is 0 Å². The predicted octanol–water partition coefficient (Wildman–Crippen LogP) is 3.63. The van der Waals surface area contributed by atoms with E-state index in [0.29, 0.717) is 0 Å². The second-order valence-electron chi connectivity index (χ2n) is 4.83. The maximum Gasteiger partial charge on any atom is 0.226 e. The summed E-state index contributed by atoms with van der Waals surface area (Å²) in [7, 11) is 0. The lowest BCUT2D eigenvalue weighted by atomic mass is 9.99. The second-order valence-corrected chi connectivity index (χ2v) is 4.83. The highest BCUT2D eigenvalue weighted by Gasteiger charge is 2.15. The van der Waals surface area contributed by atoms with E-state index in [-0.39, 0.29) is 6.29 Å². The number of oxime groups is 1. The Kier molecular flexibility index (Phi) is 5.13. The molecule has 0 radical (unpaired) electrons. The van der Waals surface area contributed by atoms with E-state index >= 15 is 0 Å². The van der Waals surface area contributed by atoms with Gasteiger partial charge in [-0.15, -0.1) is 0 Å². The molecular formula is C13H23NO2. The topological polar surface area (TPSA) is 30.8 Å². The van der Waals surface area contributed by atoms with E-state index in [9.17, 15) is 0 Å². The molecule has 3 heteroatoms. The largest absolute Gasteiger partial charge is 0.364 e. The summed E-state index contributed by atoms with van der Waals surface area (Å²) in [6.07, 6.45) is 12.1. The quantitative estimate of drug-likeness (QED) is 0.672. The summed E-state index contributed by atoms with van der Waals surface area (Å²) in [6.45, 7) is 0.829. The van der Waals surface area contributed by atoms with Crippen LogP contribution in [0.5, 0.6) is 0 Å². The van der Waals surface area contributed by atoms with E-state index in [0.717, 1.165) is 32.3 Å². The highest BCUT2D eigenvalue weighted by Crippen LogP contribution is 2.17. The molecule has 2 fully saturated rings. The van der Waals surface area contributed by atoms with Crippen molar-refractivity contribution in [3.05, 3.63) is 0 Å². The first-order chi connectivity index (χ1) is 7.95. The summed E-state index contributed by atoms with van der Waals surface area (Å²) in [4.78, 5) is 5.48. The fourth-order valence-electron chi connectivity index (χ4n) is 2.33. The van der Waals surface area contributed by atoms with E-state index < -0.39 is 0 Å². The summed E-state index contributed by atoms with van der Waals surface area (Å²) in [5.41, 5.74) is 1.24. The van der Waals surface area contributed by atoms with Crippen molar-refractivity contribution >= 4 is 5.71 Å². The molecule has 1 atom stereocenters. The summed E-state index contributed by atoms with van der Waals surface area (Å²) in [5.74, 6) is 0. The van der Waals surface area contributed by atoms with Gasteiger partial charge >= 0.3 is 0 Å². The van der Waals surface area contributed by atoms with E-state index in [1.54, 1.807) is 0 Å². The van der Waals surface area contributed by atoms with Crippen molar-refractivity contribution < 1.29 is 9.57 Å². The van der Waals surface area contributed by atoms with Crippen LogP contribution < -0.4 is 0 Å². The summed E-state index contributed by atoms with van der Waals surface area (Å²) >= 11 is 0. The van der Waals surface area contributed by atoms with Gasteiger partial charge in [0.15, 0.2) is 0 Å². The van der Waals surface area contributed by atoms with Crippen LogP contribution in [0.3, 0.4) is 0 Å². The lowest BCUT2D eigenvalue weighted by Crippen LogP contribution is -2.21. The summed E-state index contributed by atoms with van der Waals surface area (Å²) < 4.78 is 5.50. The molecule has 1 aliphatic carbocycles. The van der Waals surface area contributed by atoms with Crippen molar-refractivity contribution in [1.29, 1.82) is 0 Å². The first-order valence-electron chi connectivity index (χ1n) is 6.78. The summed E-state index contributed by atoms with van der Waals surface area (Å²) in [5, 5.41) is 4.30. The molecule has 0 N–H and O–H groups in total. The molecule has 0 spiro atoms. The Labute approximate surface area is 98.2 Å². The van der Waals surface area contributed by atoms with Crippen LogP contribution in [-0.4, -0.2) is 18.6 Å². The molecule has 2 rings (SSSR count). The molecular weight excluding hydrogens is 202 g/mol. The number of hydrogen-bond donors (Lipinski definition) is 0. The minimum Gasteiger partial charge on any atom is -0.364 e. The monoisotopic (exact) mass is 225 g/mol. The molecule has 3 nitrogen and oxygen atoms in total. The Balaban J connectivity index is 1.74. The molecule has 0 aromatic heterocycles. The third kappa shape index (κ3) is 4.12. The van der Waals surface area contributed by atoms with Crippen molar-refractivity contribution in [1.82, 2.24) is 0 Å². The molecule has 1 heterocycles. The number of rotatable bonds is 2. The van der Waals surface area contributed by atoms with Gasteiger partial charge in [-0.1, -0.05) is 24.4 Å². The van der Waals surface area contributed by atoms with E-state index in [1.807, 2.05) is 0 Å². The van der Waals surface area contributed by atoms with Crippen LogP contribution in [-0.2, 0) is 9.57 Å². The molecule has 0 aromatic carbocycles. The molecule has 92 valence electrons. The highest BCUT2D eigenvalue weighted by atomic mass is 16.8. The molecule has 0 bridgehead atoms. The Morgan fingerprint density at radius 1 is 0.938 bits per heavy atom. The average molecular weight is 225 g/mol. The van der Waals surface area contributed by atoms with Gasteiger partial charge in [-0.05, 0) is 38.5 Å². The van der Waals surface area contributed by atoms with E-state index in [1.165, 1.54) is 44.2 Å². The molecule has 1 aliphatic heterocycles. The Bertz CT molecular complexity index is 212. The van der Waals surface area contributed by atoms with Gasteiger partial charge in [0.1, 0.15) is 0 Å². The molecule has 0 aromatic rings. The molecule has 1 saturated heterocycles. The summed E-state index contributed by atoms with van der Waals surface area (Å²) in [6, 6.07) is 0. The van der Waals surface area contributed by atoms with Gasteiger partial charge in [0.25, 0.3) is 0 Å². The fourth-order valence-corrected chi connectivity index (χ4v) is 2.33. The number of nitrogens with zero attached hydrogens (tertiary/aromatic N) is 1. The number of hydrogen-bond acceptors (Lipinski definition) is 3. The number of ether oxygens (including phenoxy) is 1. The van der Waals surface area contributed by atoms with E-state index in [4.69, 9.17) is 9.57 Å².